The van der Waals surface area contributed by atoms with Gasteiger partial charge in [-0.2, -0.15) is 0 Å². The van der Waals surface area contributed by atoms with E-state index in [0.717, 1.165) is 42.7 Å². The van der Waals surface area contributed by atoms with Gasteiger partial charge in [0.05, 0.1) is 12.8 Å². The van der Waals surface area contributed by atoms with Crippen LogP contribution in [0.2, 0.25) is 0 Å². The molecule has 0 amide bonds. The van der Waals surface area contributed by atoms with Crippen LogP contribution in [0.1, 0.15) is 35.4 Å². The number of nitrogens with zero attached hydrogens (tertiary/aromatic N) is 2. The number of aryl methyl sites for hydroxylation is 1. The van der Waals surface area contributed by atoms with Crippen LogP contribution in [0.4, 0.5) is 0 Å². The van der Waals surface area contributed by atoms with Gasteiger partial charge < -0.3 is 15.1 Å². The summed E-state index contributed by atoms with van der Waals surface area (Å²) < 4.78 is 5.34. The molecule has 22 heavy (non-hydrogen) atoms. The number of aliphatic imine (C=N–C) groups is 1. The first-order valence-electron chi connectivity index (χ1n) is 7.74. The van der Waals surface area contributed by atoms with Crippen molar-refractivity contribution in [1.82, 2.24) is 15.6 Å². The van der Waals surface area contributed by atoms with Crippen LogP contribution in [0.5, 0.6) is 0 Å². The Morgan fingerprint density at radius 3 is 2.91 bits per heavy atom. The summed E-state index contributed by atoms with van der Waals surface area (Å²) in [4.78, 5) is 10.2. The fraction of sp³-hybridized carbons (Fsp3) is 0.500. The minimum absolute atomic E-state index is 0.612. The first-order chi connectivity index (χ1) is 10.8. The lowest BCUT2D eigenvalue weighted by Gasteiger charge is -2.11. The molecule has 2 heterocycles. The van der Waals surface area contributed by atoms with Crippen LogP contribution in [-0.4, -0.2) is 24.0 Å². The molecule has 2 N–H and O–H groups in total. The zero-order chi connectivity index (χ0) is 15.6. The third-order valence-electron chi connectivity index (χ3n) is 3.11. The van der Waals surface area contributed by atoms with Crippen molar-refractivity contribution in [2.75, 3.05) is 13.1 Å². The molecule has 0 saturated heterocycles. The standard InChI is InChI=1S/C16H24N4OS/c1-3-4-8-17-16(18-9-7-14-6-5-10-21-14)20-12-15-19-11-13(2)22-15/h5-6,10-11H,3-4,7-9,12H2,1-2H3,(H2,17,18,20). The van der Waals surface area contributed by atoms with E-state index in [4.69, 9.17) is 4.42 Å². The monoisotopic (exact) mass is 320 g/mol. The maximum Gasteiger partial charge on any atom is 0.191 e. The van der Waals surface area contributed by atoms with Gasteiger partial charge in [0.25, 0.3) is 0 Å². The molecule has 0 atom stereocenters. The fourth-order valence-corrected chi connectivity index (χ4v) is 2.65. The quantitative estimate of drug-likeness (QED) is 0.446. The Morgan fingerprint density at radius 2 is 2.23 bits per heavy atom. The van der Waals surface area contributed by atoms with E-state index in [-0.39, 0.29) is 0 Å². The minimum atomic E-state index is 0.612. The maximum absolute atomic E-state index is 5.34. The SMILES string of the molecule is CCCCNC(=NCc1ncc(C)s1)NCCc1ccco1. The number of hydrogen-bond acceptors (Lipinski definition) is 4. The lowest BCUT2D eigenvalue weighted by molar-refractivity contribution is 0.506. The number of unbranched alkanes of at least 4 members (excludes halogenated alkanes) is 1. The van der Waals surface area contributed by atoms with E-state index in [9.17, 15) is 0 Å². The van der Waals surface area contributed by atoms with Crippen molar-refractivity contribution in [3.8, 4) is 0 Å². The summed E-state index contributed by atoms with van der Waals surface area (Å²) in [5.41, 5.74) is 0. The minimum Gasteiger partial charge on any atom is -0.469 e. The highest BCUT2D eigenvalue weighted by atomic mass is 32.1. The highest BCUT2D eigenvalue weighted by molar-refractivity contribution is 7.11. The Hall–Kier alpha value is -1.82. The van der Waals surface area contributed by atoms with Crippen LogP contribution in [0.15, 0.2) is 34.0 Å². The lowest BCUT2D eigenvalue weighted by atomic mass is 10.3. The predicted octanol–water partition coefficient (Wildman–Crippen LogP) is 3.12. The van der Waals surface area contributed by atoms with Crippen LogP contribution < -0.4 is 10.6 Å². The summed E-state index contributed by atoms with van der Waals surface area (Å²) in [6, 6.07) is 3.90. The van der Waals surface area contributed by atoms with Crippen molar-refractivity contribution >= 4 is 17.3 Å². The van der Waals surface area contributed by atoms with Crippen molar-refractivity contribution in [3.63, 3.8) is 0 Å². The van der Waals surface area contributed by atoms with E-state index >= 15 is 0 Å². The fourth-order valence-electron chi connectivity index (χ4n) is 1.94. The first kappa shape index (κ1) is 16.5. The van der Waals surface area contributed by atoms with E-state index in [2.05, 4.69) is 34.5 Å². The van der Waals surface area contributed by atoms with Gasteiger partial charge in [0.15, 0.2) is 5.96 Å². The molecule has 5 nitrogen and oxygen atoms in total. The van der Waals surface area contributed by atoms with Crippen LogP contribution in [0, 0.1) is 6.92 Å². The molecule has 0 aromatic carbocycles. The van der Waals surface area contributed by atoms with Gasteiger partial charge in [-0.25, -0.2) is 9.98 Å². The number of nitrogens with one attached hydrogen (secondary N) is 2. The number of aromatic nitrogens is 1. The highest BCUT2D eigenvalue weighted by Gasteiger charge is 2.02. The Labute approximate surface area is 135 Å². The zero-order valence-corrected chi connectivity index (χ0v) is 14.1. The Bertz CT molecular complexity index is 562. The summed E-state index contributed by atoms with van der Waals surface area (Å²) in [5, 5.41) is 7.75. The molecule has 2 aromatic heterocycles. The molecule has 6 heteroatoms. The topological polar surface area (TPSA) is 62.5 Å². The van der Waals surface area contributed by atoms with Gasteiger partial charge >= 0.3 is 0 Å². The molecule has 0 spiro atoms. The molecule has 0 aliphatic heterocycles. The van der Waals surface area contributed by atoms with E-state index in [0.29, 0.717) is 6.54 Å². The van der Waals surface area contributed by atoms with Gasteiger partial charge in [0.1, 0.15) is 10.8 Å². The molecule has 0 aliphatic carbocycles. The summed E-state index contributed by atoms with van der Waals surface area (Å²) in [7, 11) is 0. The van der Waals surface area contributed by atoms with Gasteiger partial charge in [0, 0.05) is 30.6 Å². The van der Waals surface area contributed by atoms with Crippen LogP contribution in [-0.2, 0) is 13.0 Å². The van der Waals surface area contributed by atoms with E-state index in [1.165, 1.54) is 11.3 Å². The number of furan rings is 1. The van der Waals surface area contributed by atoms with Gasteiger partial charge in [-0.05, 0) is 25.5 Å². The number of rotatable bonds is 8. The molecule has 120 valence electrons. The predicted molar refractivity (Wildman–Crippen MR) is 91.3 cm³/mol. The van der Waals surface area contributed by atoms with Crippen LogP contribution >= 0.6 is 11.3 Å². The summed E-state index contributed by atoms with van der Waals surface area (Å²) in [5.74, 6) is 1.82. The average molecular weight is 320 g/mol. The highest BCUT2D eigenvalue weighted by Crippen LogP contribution is 2.11. The molecule has 0 fully saturated rings. The van der Waals surface area contributed by atoms with Gasteiger partial charge in [0.2, 0.25) is 0 Å². The first-order valence-corrected chi connectivity index (χ1v) is 8.55. The molecular formula is C16H24N4OS. The van der Waals surface area contributed by atoms with Gasteiger partial charge in [-0.3, -0.25) is 0 Å². The van der Waals surface area contributed by atoms with Crippen molar-refractivity contribution in [3.05, 3.63) is 40.2 Å². The Kier molecular flexibility index (Phi) is 6.96. The molecule has 2 aromatic rings. The van der Waals surface area contributed by atoms with E-state index < -0.39 is 0 Å². The molecule has 2 rings (SSSR count). The van der Waals surface area contributed by atoms with E-state index in [1.807, 2.05) is 18.3 Å². The van der Waals surface area contributed by atoms with E-state index in [1.54, 1.807) is 17.6 Å². The molecular weight excluding hydrogens is 296 g/mol. The second kappa shape index (κ2) is 9.25. The summed E-state index contributed by atoms with van der Waals surface area (Å²) >= 11 is 1.69. The molecule has 0 saturated carbocycles. The second-order valence-electron chi connectivity index (χ2n) is 5.07. The third kappa shape index (κ3) is 5.89. The third-order valence-corrected chi connectivity index (χ3v) is 4.01. The van der Waals surface area contributed by atoms with Crippen LogP contribution in [0.3, 0.4) is 0 Å². The van der Waals surface area contributed by atoms with Crippen molar-refractivity contribution in [1.29, 1.82) is 0 Å². The number of thiazole rings is 1. The maximum atomic E-state index is 5.34. The molecule has 0 unspecified atom stereocenters. The Morgan fingerprint density at radius 1 is 1.36 bits per heavy atom. The number of hydrogen-bond donors (Lipinski definition) is 2. The molecule has 0 radical (unpaired) electrons. The second-order valence-corrected chi connectivity index (χ2v) is 6.39. The lowest BCUT2D eigenvalue weighted by Crippen LogP contribution is -2.38. The van der Waals surface area contributed by atoms with Gasteiger partial charge in [-0.15, -0.1) is 11.3 Å². The summed E-state index contributed by atoms with van der Waals surface area (Å²) in [6.07, 6.45) is 6.74. The molecule has 0 bridgehead atoms. The average Bonchev–Trinajstić information content (AvgIpc) is 3.16. The van der Waals surface area contributed by atoms with Crippen molar-refractivity contribution in [2.45, 2.75) is 39.7 Å². The zero-order valence-electron chi connectivity index (χ0n) is 13.3. The largest absolute Gasteiger partial charge is 0.469 e. The summed E-state index contributed by atoms with van der Waals surface area (Å²) in [6.45, 7) is 6.58. The van der Waals surface area contributed by atoms with Crippen LogP contribution in [0.25, 0.3) is 0 Å². The van der Waals surface area contributed by atoms with Gasteiger partial charge in [-0.1, -0.05) is 13.3 Å². The van der Waals surface area contributed by atoms with Crippen molar-refractivity contribution < 1.29 is 4.42 Å². The molecule has 0 aliphatic rings. The number of guanidine groups is 1. The normalized spacial score (nSPS) is 11.6. The Balaban J connectivity index is 1.83. The smallest absolute Gasteiger partial charge is 0.191 e. The van der Waals surface area contributed by atoms with Crippen molar-refractivity contribution in [2.24, 2.45) is 4.99 Å².